The third-order valence-corrected chi connectivity index (χ3v) is 1.62. The maximum Gasteiger partial charge on any atom is 0.0936 e. The van der Waals surface area contributed by atoms with Crippen molar-refractivity contribution in [1.82, 2.24) is 5.32 Å². The predicted molar refractivity (Wildman–Crippen MR) is 54.7 cm³/mol. The molecule has 1 N–H and O–H groups in total. The summed E-state index contributed by atoms with van der Waals surface area (Å²) in [6.45, 7) is 11.3. The van der Waals surface area contributed by atoms with Crippen molar-refractivity contribution in [3.05, 3.63) is 12.3 Å². The molecule has 0 saturated carbocycles. The Morgan fingerprint density at radius 2 is 1.92 bits per heavy atom. The van der Waals surface area contributed by atoms with E-state index in [-0.39, 0.29) is 6.10 Å². The van der Waals surface area contributed by atoms with E-state index in [0.29, 0.717) is 19.3 Å². The molecular weight excluding hydrogens is 166 g/mol. The van der Waals surface area contributed by atoms with Crippen LogP contribution in [0.1, 0.15) is 20.8 Å². The Kier molecular flexibility index (Phi) is 6.63. The SMILES string of the molecule is C=C(NC(C)C)C(C)OCCOC. The zero-order valence-electron chi connectivity index (χ0n) is 9.09. The lowest BCUT2D eigenvalue weighted by Crippen LogP contribution is -2.29. The van der Waals surface area contributed by atoms with Crippen LogP contribution in [0.15, 0.2) is 12.3 Å². The fraction of sp³-hybridized carbons (Fsp3) is 0.800. The molecule has 0 spiro atoms. The zero-order valence-corrected chi connectivity index (χ0v) is 9.09. The minimum absolute atomic E-state index is 0.0394. The van der Waals surface area contributed by atoms with Gasteiger partial charge in [-0.2, -0.15) is 0 Å². The Bertz CT molecular complexity index is 146. The molecule has 0 bridgehead atoms. The highest BCUT2D eigenvalue weighted by molar-refractivity contribution is 4.98. The van der Waals surface area contributed by atoms with Crippen LogP contribution in [0.3, 0.4) is 0 Å². The number of ether oxygens (including phenoxy) is 2. The number of nitrogens with one attached hydrogen (secondary N) is 1. The normalized spacial score (nSPS) is 13.0. The first-order valence-corrected chi connectivity index (χ1v) is 4.63. The molecule has 0 aliphatic heterocycles. The fourth-order valence-corrected chi connectivity index (χ4v) is 0.897. The third-order valence-electron chi connectivity index (χ3n) is 1.62. The summed E-state index contributed by atoms with van der Waals surface area (Å²) in [6, 6.07) is 0.404. The quantitative estimate of drug-likeness (QED) is 0.613. The van der Waals surface area contributed by atoms with Crippen LogP contribution in [0.25, 0.3) is 0 Å². The van der Waals surface area contributed by atoms with Crippen LogP contribution < -0.4 is 5.32 Å². The summed E-state index contributed by atoms with van der Waals surface area (Å²) in [5, 5.41) is 3.21. The monoisotopic (exact) mass is 187 g/mol. The van der Waals surface area contributed by atoms with Gasteiger partial charge in [0.05, 0.1) is 19.3 Å². The smallest absolute Gasteiger partial charge is 0.0936 e. The molecular formula is C10H21NO2. The molecule has 0 heterocycles. The van der Waals surface area contributed by atoms with Gasteiger partial charge in [-0.1, -0.05) is 6.58 Å². The molecule has 1 atom stereocenters. The van der Waals surface area contributed by atoms with E-state index in [1.54, 1.807) is 7.11 Å². The molecule has 0 radical (unpaired) electrons. The standard InChI is InChI=1S/C10H21NO2/c1-8(2)11-9(3)10(4)13-7-6-12-5/h8,10-11H,3,6-7H2,1-2,4-5H3. The molecule has 1 unspecified atom stereocenters. The van der Waals surface area contributed by atoms with Gasteiger partial charge in [-0.25, -0.2) is 0 Å². The van der Waals surface area contributed by atoms with E-state index in [0.717, 1.165) is 5.70 Å². The minimum atomic E-state index is 0.0394. The summed E-state index contributed by atoms with van der Waals surface area (Å²) in [5.41, 5.74) is 0.922. The number of hydrogen-bond donors (Lipinski definition) is 1. The molecule has 3 heteroatoms. The van der Waals surface area contributed by atoms with E-state index in [9.17, 15) is 0 Å². The highest BCUT2D eigenvalue weighted by atomic mass is 16.5. The van der Waals surface area contributed by atoms with Crippen molar-refractivity contribution in [2.24, 2.45) is 0 Å². The predicted octanol–water partition coefficient (Wildman–Crippen LogP) is 1.55. The average Bonchev–Trinajstić information content (AvgIpc) is 2.03. The highest BCUT2D eigenvalue weighted by Gasteiger charge is 2.06. The van der Waals surface area contributed by atoms with Gasteiger partial charge in [-0.15, -0.1) is 0 Å². The van der Waals surface area contributed by atoms with E-state index in [1.807, 2.05) is 6.92 Å². The second-order valence-electron chi connectivity index (χ2n) is 3.33. The summed E-state index contributed by atoms with van der Waals surface area (Å²) < 4.78 is 10.3. The summed E-state index contributed by atoms with van der Waals surface area (Å²) in [5.74, 6) is 0. The molecule has 13 heavy (non-hydrogen) atoms. The first kappa shape index (κ1) is 12.5. The molecule has 0 aromatic carbocycles. The molecule has 0 aromatic rings. The third kappa shape index (κ3) is 6.61. The topological polar surface area (TPSA) is 30.5 Å². The Labute approximate surface area is 81.1 Å². The number of methoxy groups -OCH3 is 1. The molecule has 0 amide bonds. The molecule has 0 fully saturated rings. The molecule has 3 nitrogen and oxygen atoms in total. The summed E-state index contributed by atoms with van der Waals surface area (Å²) in [4.78, 5) is 0. The lowest BCUT2D eigenvalue weighted by molar-refractivity contribution is 0.0396. The second-order valence-corrected chi connectivity index (χ2v) is 3.33. The van der Waals surface area contributed by atoms with Crippen molar-refractivity contribution < 1.29 is 9.47 Å². The average molecular weight is 187 g/mol. The van der Waals surface area contributed by atoms with Crippen molar-refractivity contribution in [1.29, 1.82) is 0 Å². The van der Waals surface area contributed by atoms with Crippen molar-refractivity contribution in [2.75, 3.05) is 20.3 Å². The Hall–Kier alpha value is -0.540. The molecule has 78 valence electrons. The maximum absolute atomic E-state index is 5.46. The first-order chi connectivity index (χ1) is 6.07. The first-order valence-electron chi connectivity index (χ1n) is 4.63. The Morgan fingerprint density at radius 3 is 2.38 bits per heavy atom. The Balaban J connectivity index is 3.57. The minimum Gasteiger partial charge on any atom is -0.385 e. The number of hydrogen-bond acceptors (Lipinski definition) is 3. The fourth-order valence-electron chi connectivity index (χ4n) is 0.897. The van der Waals surface area contributed by atoms with Crippen molar-refractivity contribution in [3.8, 4) is 0 Å². The van der Waals surface area contributed by atoms with Gasteiger partial charge in [-0.3, -0.25) is 0 Å². The van der Waals surface area contributed by atoms with E-state index in [1.165, 1.54) is 0 Å². The summed E-state index contributed by atoms with van der Waals surface area (Å²) in [7, 11) is 1.66. The lowest BCUT2D eigenvalue weighted by atomic mass is 10.3. The van der Waals surface area contributed by atoms with Crippen molar-refractivity contribution in [2.45, 2.75) is 32.9 Å². The van der Waals surface area contributed by atoms with Gasteiger partial charge < -0.3 is 14.8 Å². The van der Waals surface area contributed by atoms with E-state index < -0.39 is 0 Å². The largest absolute Gasteiger partial charge is 0.385 e. The van der Waals surface area contributed by atoms with Gasteiger partial charge in [-0.05, 0) is 20.8 Å². The second kappa shape index (κ2) is 6.92. The van der Waals surface area contributed by atoms with Crippen LogP contribution in [-0.2, 0) is 9.47 Å². The summed E-state index contributed by atoms with van der Waals surface area (Å²) >= 11 is 0. The Morgan fingerprint density at radius 1 is 1.31 bits per heavy atom. The summed E-state index contributed by atoms with van der Waals surface area (Å²) in [6.07, 6.45) is 0.0394. The van der Waals surface area contributed by atoms with Crippen LogP contribution >= 0.6 is 0 Å². The van der Waals surface area contributed by atoms with Gasteiger partial charge in [0.25, 0.3) is 0 Å². The molecule has 0 aromatic heterocycles. The van der Waals surface area contributed by atoms with E-state index in [2.05, 4.69) is 25.7 Å². The molecule has 0 aliphatic rings. The van der Waals surface area contributed by atoms with Gasteiger partial charge in [0.15, 0.2) is 0 Å². The van der Waals surface area contributed by atoms with Crippen LogP contribution in [0.2, 0.25) is 0 Å². The van der Waals surface area contributed by atoms with Gasteiger partial charge in [0.1, 0.15) is 0 Å². The molecule has 0 rings (SSSR count). The number of rotatable bonds is 7. The molecule has 0 aliphatic carbocycles. The highest BCUT2D eigenvalue weighted by Crippen LogP contribution is 2.01. The molecule has 0 saturated heterocycles. The zero-order chi connectivity index (χ0) is 10.3. The van der Waals surface area contributed by atoms with E-state index >= 15 is 0 Å². The van der Waals surface area contributed by atoms with Crippen molar-refractivity contribution >= 4 is 0 Å². The lowest BCUT2D eigenvalue weighted by Gasteiger charge is -2.19. The van der Waals surface area contributed by atoms with Gasteiger partial charge in [0.2, 0.25) is 0 Å². The van der Waals surface area contributed by atoms with Gasteiger partial charge in [0, 0.05) is 18.8 Å². The van der Waals surface area contributed by atoms with Crippen LogP contribution in [0.5, 0.6) is 0 Å². The van der Waals surface area contributed by atoms with Gasteiger partial charge >= 0.3 is 0 Å². The van der Waals surface area contributed by atoms with Crippen molar-refractivity contribution in [3.63, 3.8) is 0 Å². The van der Waals surface area contributed by atoms with Crippen LogP contribution in [0.4, 0.5) is 0 Å². The maximum atomic E-state index is 5.46. The van der Waals surface area contributed by atoms with Crippen LogP contribution in [0, 0.1) is 0 Å². The van der Waals surface area contributed by atoms with E-state index in [4.69, 9.17) is 9.47 Å². The van der Waals surface area contributed by atoms with Crippen LogP contribution in [-0.4, -0.2) is 32.5 Å².